The largest absolute Gasteiger partial charge is 0.326 e. The van der Waals surface area contributed by atoms with Crippen LogP contribution in [0.2, 0.25) is 0 Å². The van der Waals surface area contributed by atoms with Gasteiger partial charge in [0, 0.05) is 30.8 Å². The predicted octanol–water partition coefficient (Wildman–Crippen LogP) is 3.22. The fourth-order valence-electron chi connectivity index (χ4n) is 2.49. The van der Waals surface area contributed by atoms with E-state index in [1.54, 1.807) is 0 Å². The van der Waals surface area contributed by atoms with Crippen molar-refractivity contribution in [3.8, 4) is 0 Å². The first-order chi connectivity index (χ1) is 9.65. The highest BCUT2D eigenvalue weighted by Crippen LogP contribution is 2.17. The number of nitrogens with one attached hydrogen (secondary N) is 2. The highest BCUT2D eigenvalue weighted by molar-refractivity contribution is 5.90. The average Bonchev–Trinajstić information content (AvgIpc) is 2.44. The highest BCUT2D eigenvalue weighted by atomic mass is 19.2. The van der Waals surface area contributed by atoms with Crippen molar-refractivity contribution in [3.05, 3.63) is 29.8 Å². The Morgan fingerprint density at radius 1 is 1.15 bits per heavy atom. The molecule has 20 heavy (non-hydrogen) atoms. The quantitative estimate of drug-likeness (QED) is 0.870. The second kappa shape index (κ2) is 7.33. The van der Waals surface area contributed by atoms with Crippen LogP contribution < -0.4 is 10.6 Å². The molecule has 3 nitrogen and oxygen atoms in total. The topological polar surface area (TPSA) is 41.1 Å². The van der Waals surface area contributed by atoms with Crippen molar-refractivity contribution < 1.29 is 13.6 Å². The zero-order valence-corrected chi connectivity index (χ0v) is 11.4. The maximum absolute atomic E-state index is 13.0. The minimum absolute atomic E-state index is 0.195. The summed E-state index contributed by atoms with van der Waals surface area (Å²) in [6.07, 6.45) is 6.47. The van der Waals surface area contributed by atoms with Crippen molar-refractivity contribution in [1.29, 1.82) is 0 Å². The molecular weight excluding hydrogens is 262 g/mol. The Morgan fingerprint density at radius 3 is 2.60 bits per heavy atom. The van der Waals surface area contributed by atoms with Crippen LogP contribution in [-0.4, -0.2) is 18.5 Å². The Morgan fingerprint density at radius 2 is 1.90 bits per heavy atom. The minimum Gasteiger partial charge on any atom is -0.326 e. The van der Waals surface area contributed by atoms with Crippen molar-refractivity contribution in [2.45, 2.75) is 44.6 Å². The molecule has 1 saturated carbocycles. The second-order valence-corrected chi connectivity index (χ2v) is 5.22. The Balaban J connectivity index is 1.70. The Kier molecular flexibility index (Phi) is 5.47. The van der Waals surface area contributed by atoms with Gasteiger partial charge in [0.25, 0.3) is 0 Å². The molecule has 0 spiro atoms. The van der Waals surface area contributed by atoms with E-state index in [2.05, 4.69) is 10.6 Å². The average molecular weight is 282 g/mol. The summed E-state index contributed by atoms with van der Waals surface area (Å²) in [4.78, 5) is 11.7. The first kappa shape index (κ1) is 14.9. The van der Waals surface area contributed by atoms with E-state index in [1.165, 1.54) is 38.2 Å². The van der Waals surface area contributed by atoms with E-state index in [1.807, 2.05) is 0 Å². The number of hydrogen-bond donors (Lipinski definition) is 2. The van der Waals surface area contributed by atoms with Gasteiger partial charge in [-0.3, -0.25) is 4.79 Å². The van der Waals surface area contributed by atoms with E-state index in [0.29, 0.717) is 19.0 Å². The molecule has 0 atom stereocenters. The van der Waals surface area contributed by atoms with Crippen molar-refractivity contribution >= 4 is 11.6 Å². The third kappa shape index (κ3) is 4.56. The minimum atomic E-state index is -0.955. The molecule has 5 heteroatoms. The molecule has 0 aliphatic heterocycles. The predicted molar refractivity (Wildman–Crippen MR) is 74.5 cm³/mol. The summed E-state index contributed by atoms with van der Waals surface area (Å²) >= 11 is 0. The van der Waals surface area contributed by atoms with Crippen molar-refractivity contribution in [3.63, 3.8) is 0 Å². The lowest BCUT2D eigenvalue weighted by Crippen LogP contribution is -2.33. The molecule has 1 aliphatic carbocycles. The molecule has 0 unspecified atom stereocenters. The molecule has 0 aromatic heterocycles. The van der Waals surface area contributed by atoms with Gasteiger partial charge < -0.3 is 10.6 Å². The number of hydrogen-bond acceptors (Lipinski definition) is 2. The van der Waals surface area contributed by atoms with E-state index >= 15 is 0 Å². The van der Waals surface area contributed by atoms with Gasteiger partial charge in [0.1, 0.15) is 0 Å². The first-order valence-electron chi connectivity index (χ1n) is 7.13. The molecule has 1 aliphatic rings. The fourth-order valence-corrected chi connectivity index (χ4v) is 2.49. The van der Waals surface area contributed by atoms with E-state index in [4.69, 9.17) is 0 Å². The van der Waals surface area contributed by atoms with Crippen molar-refractivity contribution in [2.75, 3.05) is 11.9 Å². The summed E-state index contributed by atoms with van der Waals surface area (Å²) in [6, 6.07) is 3.86. The normalized spacial score (nSPS) is 16.1. The third-order valence-electron chi connectivity index (χ3n) is 3.59. The summed E-state index contributed by atoms with van der Waals surface area (Å²) in [5.74, 6) is -2.07. The number of rotatable bonds is 5. The second-order valence-electron chi connectivity index (χ2n) is 5.22. The number of halogens is 2. The maximum Gasteiger partial charge on any atom is 0.225 e. The van der Waals surface area contributed by atoms with Gasteiger partial charge in [0.2, 0.25) is 5.91 Å². The molecule has 2 rings (SSSR count). The van der Waals surface area contributed by atoms with Crippen LogP contribution in [0.5, 0.6) is 0 Å². The van der Waals surface area contributed by atoms with Gasteiger partial charge in [0.05, 0.1) is 0 Å². The first-order valence-corrected chi connectivity index (χ1v) is 7.13. The van der Waals surface area contributed by atoms with Crippen LogP contribution in [-0.2, 0) is 4.79 Å². The number of benzene rings is 1. The highest BCUT2D eigenvalue weighted by Gasteiger charge is 2.13. The van der Waals surface area contributed by atoms with Crippen molar-refractivity contribution in [1.82, 2.24) is 5.32 Å². The summed E-state index contributed by atoms with van der Waals surface area (Å²) in [6.45, 7) is 0.611. The van der Waals surface area contributed by atoms with Crippen LogP contribution in [0.15, 0.2) is 18.2 Å². The molecule has 0 radical (unpaired) electrons. The van der Waals surface area contributed by atoms with Gasteiger partial charge in [0.15, 0.2) is 11.6 Å². The van der Waals surface area contributed by atoms with E-state index in [9.17, 15) is 13.6 Å². The summed E-state index contributed by atoms with van der Waals surface area (Å²) < 4.78 is 25.7. The van der Waals surface area contributed by atoms with Gasteiger partial charge in [-0.2, -0.15) is 0 Å². The van der Waals surface area contributed by atoms with Gasteiger partial charge >= 0.3 is 0 Å². The maximum atomic E-state index is 13.0. The summed E-state index contributed by atoms with van der Waals surface area (Å²) in [5.41, 5.74) is 0.284. The molecule has 1 aromatic carbocycles. The SMILES string of the molecule is O=C(CCNC1CCCCC1)Nc1ccc(F)c(F)c1. The van der Waals surface area contributed by atoms with Crippen molar-refractivity contribution in [2.24, 2.45) is 0 Å². The van der Waals surface area contributed by atoms with Crippen LogP contribution in [0.4, 0.5) is 14.5 Å². The Bertz CT molecular complexity index is 459. The van der Waals surface area contributed by atoms with Crippen LogP contribution in [0.3, 0.4) is 0 Å². The summed E-state index contributed by atoms with van der Waals surface area (Å²) in [7, 11) is 0. The van der Waals surface area contributed by atoms with Crippen LogP contribution in [0.1, 0.15) is 38.5 Å². The van der Waals surface area contributed by atoms with Crippen LogP contribution in [0, 0.1) is 11.6 Å². The Hall–Kier alpha value is -1.49. The molecule has 0 heterocycles. The summed E-state index contributed by atoms with van der Waals surface area (Å²) in [5, 5.41) is 5.93. The lowest BCUT2D eigenvalue weighted by atomic mass is 9.95. The molecule has 1 aromatic rings. The van der Waals surface area contributed by atoms with Gasteiger partial charge in [-0.15, -0.1) is 0 Å². The zero-order valence-electron chi connectivity index (χ0n) is 11.4. The van der Waals surface area contributed by atoms with E-state index in [0.717, 1.165) is 12.1 Å². The van der Waals surface area contributed by atoms with Crippen LogP contribution in [0.25, 0.3) is 0 Å². The number of anilines is 1. The lowest BCUT2D eigenvalue weighted by molar-refractivity contribution is -0.116. The monoisotopic (exact) mass is 282 g/mol. The molecule has 0 saturated heterocycles. The lowest BCUT2D eigenvalue weighted by Gasteiger charge is -2.22. The molecule has 0 bridgehead atoms. The Labute approximate surface area is 117 Å². The third-order valence-corrected chi connectivity index (χ3v) is 3.59. The zero-order chi connectivity index (χ0) is 14.4. The molecule has 1 fully saturated rings. The fraction of sp³-hybridized carbons (Fsp3) is 0.533. The standard InChI is InChI=1S/C15H20F2N2O/c16-13-7-6-12(10-14(13)17)19-15(20)8-9-18-11-4-2-1-3-5-11/h6-7,10-11,18H,1-5,8-9H2,(H,19,20). The molecule has 1 amide bonds. The van der Waals surface area contributed by atoms with Crippen LogP contribution >= 0.6 is 0 Å². The molecular formula is C15H20F2N2O. The van der Waals surface area contributed by atoms with E-state index in [-0.39, 0.29) is 11.6 Å². The smallest absolute Gasteiger partial charge is 0.225 e. The van der Waals surface area contributed by atoms with E-state index < -0.39 is 11.6 Å². The molecule has 110 valence electrons. The number of carbonyl (C=O) groups is 1. The van der Waals surface area contributed by atoms with Gasteiger partial charge in [-0.25, -0.2) is 8.78 Å². The number of amides is 1. The van der Waals surface area contributed by atoms with Gasteiger partial charge in [-0.1, -0.05) is 19.3 Å². The number of carbonyl (C=O) groups excluding carboxylic acids is 1. The van der Waals surface area contributed by atoms with Gasteiger partial charge in [-0.05, 0) is 25.0 Å². The molecule has 2 N–H and O–H groups in total.